The van der Waals surface area contributed by atoms with Gasteiger partial charge in [-0.05, 0) is 12.1 Å². The van der Waals surface area contributed by atoms with Crippen molar-refractivity contribution >= 4 is 17.4 Å². The zero-order chi connectivity index (χ0) is 20.1. The zero-order valence-electron chi connectivity index (χ0n) is 14.7. The largest absolute Gasteiger partial charge is 0.508 e. The summed E-state index contributed by atoms with van der Waals surface area (Å²) in [6.07, 6.45) is 0. The number of phenolic OH excluding ortho intramolecular Hbond substituents is 1. The van der Waals surface area contributed by atoms with Crippen molar-refractivity contribution in [3.05, 3.63) is 105 Å². The van der Waals surface area contributed by atoms with Gasteiger partial charge < -0.3 is 10.4 Å². The molecule has 7 nitrogen and oxygen atoms in total. The van der Waals surface area contributed by atoms with Crippen molar-refractivity contribution in [2.75, 3.05) is 0 Å². The van der Waals surface area contributed by atoms with E-state index in [1.165, 1.54) is 24.3 Å². The number of ketones is 1. The Labute approximate surface area is 160 Å². The second-order valence-electron chi connectivity index (χ2n) is 5.99. The lowest BCUT2D eigenvalue weighted by Gasteiger charge is -2.10. The maximum Gasteiger partial charge on any atom is 0.270 e. The Morgan fingerprint density at radius 3 is 2.25 bits per heavy atom. The van der Waals surface area contributed by atoms with Crippen LogP contribution in [0, 0.1) is 10.1 Å². The van der Waals surface area contributed by atoms with Gasteiger partial charge in [0, 0.05) is 35.4 Å². The molecule has 0 bridgehead atoms. The summed E-state index contributed by atoms with van der Waals surface area (Å²) in [5.74, 6) is -0.977. The molecule has 0 fully saturated rings. The minimum atomic E-state index is -0.585. The number of amides is 1. The first-order valence-electron chi connectivity index (χ1n) is 8.40. The third-order valence-electron chi connectivity index (χ3n) is 4.17. The molecule has 28 heavy (non-hydrogen) atoms. The van der Waals surface area contributed by atoms with E-state index in [0.717, 1.165) is 0 Å². The van der Waals surface area contributed by atoms with Gasteiger partial charge in [-0.3, -0.25) is 19.7 Å². The van der Waals surface area contributed by atoms with Crippen molar-refractivity contribution in [1.29, 1.82) is 0 Å². The number of benzene rings is 3. The third-order valence-corrected chi connectivity index (χ3v) is 4.17. The maximum atomic E-state index is 12.7. The molecule has 3 rings (SSSR count). The minimum absolute atomic E-state index is 0.125. The predicted molar refractivity (Wildman–Crippen MR) is 102 cm³/mol. The van der Waals surface area contributed by atoms with Gasteiger partial charge in [0.1, 0.15) is 5.75 Å². The van der Waals surface area contributed by atoms with E-state index >= 15 is 0 Å². The highest BCUT2D eigenvalue weighted by Crippen LogP contribution is 2.23. The molecule has 0 atom stereocenters. The molecule has 0 saturated heterocycles. The van der Waals surface area contributed by atoms with Crippen LogP contribution in [0.4, 0.5) is 5.69 Å². The standard InChI is InChI=1S/C21H16N2O5/c24-19-11-10-16(23(27)28)12-15(19)13-22-21(26)18-9-5-4-8-17(18)20(25)14-6-2-1-3-7-14/h1-12,24H,13H2,(H,22,26). The number of aromatic hydroxyl groups is 1. The number of carbonyl (C=O) groups excluding carboxylic acids is 2. The highest BCUT2D eigenvalue weighted by Gasteiger charge is 2.18. The second-order valence-corrected chi connectivity index (χ2v) is 5.99. The number of hydrogen-bond acceptors (Lipinski definition) is 5. The van der Waals surface area contributed by atoms with Gasteiger partial charge in [0.25, 0.3) is 11.6 Å². The molecular formula is C21H16N2O5. The van der Waals surface area contributed by atoms with Gasteiger partial charge in [0.05, 0.1) is 10.5 Å². The van der Waals surface area contributed by atoms with Crippen LogP contribution in [0.3, 0.4) is 0 Å². The molecule has 0 aliphatic carbocycles. The van der Waals surface area contributed by atoms with Gasteiger partial charge >= 0.3 is 0 Å². The number of nitrogens with zero attached hydrogens (tertiary/aromatic N) is 1. The number of hydrogen-bond donors (Lipinski definition) is 2. The van der Waals surface area contributed by atoms with Crippen LogP contribution in [-0.2, 0) is 6.54 Å². The quantitative estimate of drug-likeness (QED) is 0.389. The fourth-order valence-electron chi connectivity index (χ4n) is 2.72. The monoisotopic (exact) mass is 376 g/mol. The Balaban J connectivity index is 1.82. The summed E-state index contributed by atoms with van der Waals surface area (Å²) in [4.78, 5) is 35.6. The molecule has 7 heteroatoms. The molecule has 3 aromatic carbocycles. The Kier molecular flexibility index (Phi) is 5.45. The summed E-state index contributed by atoms with van der Waals surface area (Å²) >= 11 is 0. The average molecular weight is 376 g/mol. The molecule has 0 radical (unpaired) electrons. The summed E-state index contributed by atoms with van der Waals surface area (Å²) < 4.78 is 0. The van der Waals surface area contributed by atoms with Gasteiger partial charge in [-0.15, -0.1) is 0 Å². The lowest BCUT2D eigenvalue weighted by Crippen LogP contribution is -2.25. The van der Waals surface area contributed by atoms with Gasteiger partial charge in [0.15, 0.2) is 5.78 Å². The maximum absolute atomic E-state index is 12.7. The van der Waals surface area contributed by atoms with Crippen LogP contribution >= 0.6 is 0 Å². The van der Waals surface area contributed by atoms with E-state index < -0.39 is 10.8 Å². The highest BCUT2D eigenvalue weighted by molar-refractivity contribution is 6.15. The van der Waals surface area contributed by atoms with Crippen molar-refractivity contribution in [2.24, 2.45) is 0 Å². The molecule has 0 saturated carbocycles. The number of nitrogens with one attached hydrogen (secondary N) is 1. The van der Waals surface area contributed by atoms with Crippen molar-refractivity contribution in [3.8, 4) is 5.75 Å². The van der Waals surface area contributed by atoms with E-state index in [1.54, 1.807) is 48.5 Å². The Hall–Kier alpha value is -4.00. The van der Waals surface area contributed by atoms with E-state index in [4.69, 9.17) is 0 Å². The smallest absolute Gasteiger partial charge is 0.270 e. The Morgan fingerprint density at radius 1 is 0.929 bits per heavy atom. The molecule has 140 valence electrons. The number of non-ortho nitro benzene ring substituents is 1. The van der Waals surface area contributed by atoms with E-state index in [-0.39, 0.29) is 40.5 Å². The summed E-state index contributed by atoms with van der Waals surface area (Å²) in [6.45, 7) is -0.125. The van der Waals surface area contributed by atoms with E-state index in [1.807, 2.05) is 0 Å². The van der Waals surface area contributed by atoms with Crippen LogP contribution in [0.25, 0.3) is 0 Å². The lowest BCUT2D eigenvalue weighted by molar-refractivity contribution is -0.384. The van der Waals surface area contributed by atoms with Crippen LogP contribution in [0.1, 0.15) is 31.8 Å². The fraction of sp³-hybridized carbons (Fsp3) is 0.0476. The summed E-state index contributed by atoms with van der Waals surface area (Å²) in [6, 6.07) is 18.6. The second kappa shape index (κ2) is 8.13. The summed E-state index contributed by atoms with van der Waals surface area (Å²) in [7, 11) is 0. The SMILES string of the molecule is O=C(NCc1cc([N+](=O)[O-])ccc1O)c1ccccc1C(=O)c1ccccc1. The van der Waals surface area contributed by atoms with Gasteiger partial charge in [-0.25, -0.2) is 0 Å². The topological polar surface area (TPSA) is 110 Å². The molecule has 0 aliphatic rings. The van der Waals surface area contributed by atoms with Crippen LogP contribution in [0.15, 0.2) is 72.8 Å². The molecule has 2 N–H and O–H groups in total. The number of rotatable bonds is 6. The van der Waals surface area contributed by atoms with Gasteiger partial charge in [-0.2, -0.15) is 0 Å². The molecule has 0 heterocycles. The number of nitro groups is 1. The molecule has 0 spiro atoms. The first kappa shape index (κ1) is 18.8. The number of carbonyl (C=O) groups is 2. The summed E-state index contributed by atoms with van der Waals surface area (Å²) in [5, 5.41) is 23.3. The van der Waals surface area contributed by atoms with Crippen molar-refractivity contribution in [2.45, 2.75) is 6.54 Å². The van der Waals surface area contributed by atoms with Crippen molar-refractivity contribution in [3.63, 3.8) is 0 Å². The van der Waals surface area contributed by atoms with Crippen LogP contribution in [0.2, 0.25) is 0 Å². The molecular weight excluding hydrogens is 360 g/mol. The highest BCUT2D eigenvalue weighted by atomic mass is 16.6. The summed E-state index contributed by atoms with van der Waals surface area (Å²) in [5.41, 5.74) is 0.894. The molecule has 0 unspecified atom stereocenters. The fourth-order valence-corrected chi connectivity index (χ4v) is 2.72. The Morgan fingerprint density at radius 2 is 1.57 bits per heavy atom. The average Bonchev–Trinajstić information content (AvgIpc) is 2.72. The minimum Gasteiger partial charge on any atom is -0.508 e. The van der Waals surface area contributed by atoms with Crippen LogP contribution in [-0.4, -0.2) is 21.7 Å². The first-order chi connectivity index (χ1) is 13.5. The van der Waals surface area contributed by atoms with Crippen molar-refractivity contribution < 1.29 is 19.6 Å². The predicted octanol–water partition coefficient (Wildman–Crippen LogP) is 3.46. The molecule has 0 aliphatic heterocycles. The first-order valence-corrected chi connectivity index (χ1v) is 8.40. The van der Waals surface area contributed by atoms with E-state index in [2.05, 4.69) is 5.32 Å². The van der Waals surface area contributed by atoms with Crippen LogP contribution < -0.4 is 5.32 Å². The Bertz CT molecular complexity index is 1050. The van der Waals surface area contributed by atoms with Crippen LogP contribution in [0.5, 0.6) is 5.75 Å². The van der Waals surface area contributed by atoms with Gasteiger partial charge in [0.2, 0.25) is 0 Å². The normalized spacial score (nSPS) is 10.3. The number of nitro benzene ring substituents is 1. The zero-order valence-corrected chi connectivity index (χ0v) is 14.7. The third kappa shape index (κ3) is 4.04. The van der Waals surface area contributed by atoms with E-state index in [9.17, 15) is 24.8 Å². The van der Waals surface area contributed by atoms with Gasteiger partial charge in [-0.1, -0.05) is 48.5 Å². The lowest BCUT2D eigenvalue weighted by atomic mass is 9.98. The molecule has 0 aromatic heterocycles. The number of phenols is 1. The molecule has 3 aromatic rings. The molecule has 1 amide bonds. The van der Waals surface area contributed by atoms with Crippen molar-refractivity contribution in [1.82, 2.24) is 5.32 Å². The van der Waals surface area contributed by atoms with E-state index in [0.29, 0.717) is 5.56 Å².